The maximum atomic E-state index is 12.5. The van der Waals surface area contributed by atoms with Gasteiger partial charge in [0.1, 0.15) is 5.75 Å². The first kappa shape index (κ1) is 18.0. The van der Waals surface area contributed by atoms with Gasteiger partial charge in [-0.05, 0) is 37.5 Å². The van der Waals surface area contributed by atoms with Crippen LogP contribution in [0.4, 0.5) is 0 Å². The lowest BCUT2D eigenvalue weighted by atomic mass is 9.94. The second-order valence-electron chi connectivity index (χ2n) is 7.54. The van der Waals surface area contributed by atoms with Crippen LogP contribution in [-0.4, -0.2) is 40.1 Å². The first-order valence-electron chi connectivity index (χ1n) is 10.1. The molecule has 1 saturated heterocycles. The molecule has 1 aromatic carbocycles. The first-order valence-corrected chi connectivity index (χ1v) is 10.1. The van der Waals surface area contributed by atoms with Gasteiger partial charge in [0.25, 0.3) is 0 Å². The van der Waals surface area contributed by atoms with E-state index in [1.54, 1.807) is 0 Å². The predicted octanol–water partition coefficient (Wildman–Crippen LogP) is 3.71. The van der Waals surface area contributed by atoms with Gasteiger partial charge >= 0.3 is 0 Å². The largest absolute Gasteiger partial charge is 0.494 e. The number of carbonyl (C=O) groups is 1. The number of benzene rings is 1. The third-order valence-electron chi connectivity index (χ3n) is 5.61. The molecule has 1 atom stereocenters. The van der Waals surface area contributed by atoms with Crippen molar-refractivity contribution in [1.29, 1.82) is 0 Å². The van der Waals surface area contributed by atoms with Gasteiger partial charge in [-0.1, -0.05) is 36.6 Å². The molecule has 1 aliphatic carbocycles. The summed E-state index contributed by atoms with van der Waals surface area (Å²) in [5.74, 6) is 2.42. The van der Waals surface area contributed by atoms with E-state index in [0.29, 0.717) is 37.2 Å². The van der Waals surface area contributed by atoms with E-state index in [1.165, 1.54) is 19.3 Å². The molecule has 0 spiro atoms. The summed E-state index contributed by atoms with van der Waals surface area (Å²) in [6.07, 6.45) is 7.11. The summed E-state index contributed by atoms with van der Waals surface area (Å²) in [5, 5.41) is 4.17. The van der Waals surface area contributed by atoms with E-state index < -0.39 is 0 Å². The summed E-state index contributed by atoms with van der Waals surface area (Å²) >= 11 is 0. The molecule has 0 bridgehead atoms. The summed E-state index contributed by atoms with van der Waals surface area (Å²) in [7, 11) is 0. The Morgan fingerprint density at radius 1 is 1.19 bits per heavy atom. The Labute approximate surface area is 159 Å². The molecule has 1 aliphatic heterocycles. The third kappa shape index (κ3) is 4.15. The van der Waals surface area contributed by atoms with Crippen molar-refractivity contribution in [2.75, 3.05) is 13.2 Å². The van der Waals surface area contributed by atoms with Gasteiger partial charge in [-0.25, -0.2) is 0 Å². The highest BCUT2D eigenvalue weighted by molar-refractivity contribution is 5.79. The molecule has 1 amide bonds. The Balaban J connectivity index is 1.38. The van der Waals surface area contributed by atoms with E-state index in [2.05, 4.69) is 15.0 Å². The molecule has 2 aliphatic rings. The van der Waals surface area contributed by atoms with Gasteiger partial charge in [0.05, 0.1) is 13.0 Å². The number of hydrogen-bond acceptors (Lipinski definition) is 5. The van der Waals surface area contributed by atoms with Gasteiger partial charge in [-0.3, -0.25) is 4.79 Å². The molecular weight excluding hydrogens is 342 g/mol. The predicted molar refractivity (Wildman–Crippen MR) is 101 cm³/mol. The second-order valence-corrected chi connectivity index (χ2v) is 7.54. The van der Waals surface area contributed by atoms with Gasteiger partial charge in [0.15, 0.2) is 5.82 Å². The minimum absolute atomic E-state index is 0.0530. The van der Waals surface area contributed by atoms with Crippen molar-refractivity contribution < 1.29 is 14.1 Å². The van der Waals surface area contributed by atoms with Crippen LogP contribution in [-0.2, 0) is 11.2 Å². The molecular formula is C21H27N3O3. The Morgan fingerprint density at radius 3 is 2.70 bits per heavy atom. The summed E-state index contributed by atoms with van der Waals surface area (Å²) in [6, 6.07) is 8.34. The number of rotatable bonds is 6. The Morgan fingerprint density at radius 2 is 1.96 bits per heavy atom. The van der Waals surface area contributed by atoms with E-state index in [0.717, 1.165) is 30.7 Å². The van der Waals surface area contributed by atoms with Gasteiger partial charge in [-0.2, -0.15) is 4.98 Å². The van der Waals surface area contributed by atoms with Crippen LogP contribution in [0.3, 0.4) is 0 Å². The van der Waals surface area contributed by atoms with Gasteiger partial charge in [0.2, 0.25) is 11.8 Å². The number of amides is 1. The Kier molecular flexibility index (Phi) is 5.41. The fraction of sp³-hybridized carbons (Fsp3) is 0.571. The molecule has 0 radical (unpaired) electrons. The topological polar surface area (TPSA) is 68.5 Å². The molecule has 144 valence electrons. The van der Waals surface area contributed by atoms with Crippen molar-refractivity contribution in [2.24, 2.45) is 0 Å². The molecule has 2 heterocycles. The van der Waals surface area contributed by atoms with Crippen LogP contribution >= 0.6 is 0 Å². The number of nitrogens with zero attached hydrogens (tertiary/aromatic N) is 3. The summed E-state index contributed by atoms with van der Waals surface area (Å²) in [5.41, 5.74) is 1.10. The fourth-order valence-corrected chi connectivity index (χ4v) is 4.20. The molecule has 1 aromatic heterocycles. The van der Waals surface area contributed by atoms with E-state index in [9.17, 15) is 4.79 Å². The SMILES string of the molecule is CCOc1ccc(Cc2nc(C3CC(=O)N(C4CCCCC4)C3)no2)cc1. The molecule has 1 unspecified atom stereocenters. The van der Waals surface area contributed by atoms with Crippen molar-refractivity contribution in [1.82, 2.24) is 15.0 Å². The third-order valence-corrected chi connectivity index (χ3v) is 5.61. The Bertz CT molecular complexity index is 765. The van der Waals surface area contributed by atoms with Crippen molar-refractivity contribution in [3.05, 3.63) is 41.5 Å². The lowest BCUT2D eigenvalue weighted by molar-refractivity contribution is -0.130. The number of likely N-dealkylation sites (tertiary alicyclic amines) is 1. The lowest BCUT2D eigenvalue weighted by Gasteiger charge is -2.31. The number of carbonyl (C=O) groups excluding carboxylic acids is 1. The van der Waals surface area contributed by atoms with Crippen molar-refractivity contribution in [2.45, 2.75) is 63.8 Å². The highest BCUT2D eigenvalue weighted by Gasteiger charge is 2.37. The van der Waals surface area contributed by atoms with Crippen molar-refractivity contribution in [3.8, 4) is 5.75 Å². The number of ether oxygens (including phenoxy) is 1. The van der Waals surface area contributed by atoms with Gasteiger partial charge < -0.3 is 14.2 Å². The van der Waals surface area contributed by atoms with Crippen molar-refractivity contribution in [3.63, 3.8) is 0 Å². The lowest BCUT2D eigenvalue weighted by Crippen LogP contribution is -2.37. The van der Waals surface area contributed by atoms with E-state index in [-0.39, 0.29) is 11.8 Å². The van der Waals surface area contributed by atoms with Crippen LogP contribution < -0.4 is 4.74 Å². The minimum atomic E-state index is 0.0530. The molecule has 1 saturated carbocycles. The maximum Gasteiger partial charge on any atom is 0.231 e. The van der Waals surface area contributed by atoms with Crippen LogP contribution in [0.2, 0.25) is 0 Å². The zero-order valence-electron chi connectivity index (χ0n) is 15.9. The quantitative estimate of drug-likeness (QED) is 0.776. The normalized spacial score (nSPS) is 21.0. The maximum absolute atomic E-state index is 12.5. The van der Waals surface area contributed by atoms with E-state index >= 15 is 0 Å². The van der Waals surface area contributed by atoms with Crippen LogP contribution in [0, 0.1) is 0 Å². The molecule has 6 nitrogen and oxygen atoms in total. The number of hydrogen-bond donors (Lipinski definition) is 0. The molecule has 27 heavy (non-hydrogen) atoms. The average Bonchev–Trinajstić information content (AvgIpc) is 3.31. The first-order chi connectivity index (χ1) is 13.2. The summed E-state index contributed by atoms with van der Waals surface area (Å²) < 4.78 is 10.9. The monoisotopic (exact) mass is 369 g/mol. The number of aromatic nitrogens is 2. The van der Waals surface area contributed by atoms with E-state index in [4.69, 9.17) is 9.26 Å². The highest BCUT2D eigenvalue weighted by atomic mass is 16.5. The van der Waals surface area contributed by atoms with E-state index in [1.807, 2.05) is 31.2 Å². The molecule has 2 aromatic rings. The van der Waals surface area contributed by atoms with Crippen LogP contribution in [0.25, 0.3) is 0 Å². The highest BCUT2D eigenvalue weighted by Crippen LogP contribution is 2.32. The minimum Gasteiger partial charge on any atom is -0.494 e. The Hall–Kier alpha value is -2.37. The molecule has 2 fully saturated rings. The zero-order chi connectivity index (χ0) is 18.6. The second kappa shape index (κ2) is 8.11. The van der Waals surface area contributed by atoms with Gasteiger partial charge in [-0.15, -0.1) is 0 Å². The van der Waals surface area contributed by atoms with Crippen molar-refractivity contribution >= 4 is 5.91 Å². The molecule has 0 N–H and O–H groups in total. The fourth-order valence-electron chi connectivity index (χ4n) is 4.20. The average molecular weight is 369 g/mol. The molecule has 6 heteroatoms. The van der Waals surface area contributed by atoms with Crippen LogP contribution in [0.1, 0.15) is 68.6 Å². The standard InChI is InChI=1S/C21H27N3O3/c1-2-26-18-10-8-15(9-11-18)12-19-22-21(23-27-19)16-13-20(25)24(14-16)17-6-4-3-5-7-17/h8-11,16-17H,2-7,12-14H2,1H3. The van der Waals surface area contributed by atoms with Crippen LogP contribution in [0.5, 0.6) is 5.75 Å². The van der Waals surface area contributed by atoms with Gasteiger partial charge in [0, 0.05) is 24.9 Å². The molecule has 4 rings (SSSR count). The smallest absolute Gasteiger partial charge is 0.231 e. The summed E-state index contributed by atoms with van der Waals surface area (Å²) in [4.78, 5) is 19.1. The summed E-state index contributed by atoms with van der Waals surface area (Å²) in [6.45, 7) is 3.35. The van der Waals surface area contributed by atoms with Crippen LogP contribution in [0.15, 0.2) is 28.8 Å². The zero-order valence-corrected chi connectivity index (χ0v) is 15.9.